The van der Waals surface area contributed by atoms with Crippen LogP contribution in [0.3, 0.4) is 0 Å². The summed E-state index contributed by atoms with van der Waals surface area (Å²) in [6, 6.07) is 0. The van der Waals surface area contributed by atoms with Gasteiger partial charge in [0.15, 0.2) is 0 Å². The summed E-state index contributed by atoms with van der Waals surface area (Å²) in [4.78, 5) is 28.6. The lowest BCUT2D eigenvalue weighted by molar-refractivity contribution is -0.139. The molecule has 0 aromatic heterocycles. The van der Waals surface area contributed by atoms with Crippen LogP contribution < -0.4 is 0 Å². The molecule has 1 aliphatic heterocycles. The fraction of sp³-hybridized carbons (Fsp3) is 0.917. The summed E-state index contributed by atoms with van der Waals surface area (Å²) in [5.74, 6) is 0.570. The molecule has 0 atom stereocenters. The smallest absolute Gasteiger partial charge is 0.222 e. The van der Waals surface area contributed by atoms with Crippen molar-refractivity contribution >= 4 is 11.8 Å². The topological polar surface area (TPSA) is 40.6 Å². The number of piperazine rings is 1. The second kappa shape index (κ2) is 16.9. The van der Waals surface area contributed by atoms with E-state index < -0.39 is 0 Å². The molecule has 1 saturated heterocycles. The van der Waals surface area contributed by atoms with Gasteiger partial charge in [0.2, 0.25) is 11.8 Å². The number of amides is 2. The molecule has 1 aliphatic rings. The molecule has 1 rings (SSSR count). The van der Waals surface area contributed by atoms with Gasteiger partial charge in [-0.15, -0.1) is 0 Å². The Labute approximate surface area is 174 Å². The minimum absolute atomic E-state index is 0.285. The highest BCUT2D eigenvalue weighted by molar-refractivity contribution is 5.78. The van der Waals surface area contributed by atoms with E-state index in [4.69, 9.17) is 0 Å². The zero-order valence-electron chi connectivity index (χ0n) is 18.9. The molecule has 1 fully saturated rings. The SMILES string of the molecule is CCCCCCCCCC(=O)N1CCN(C(=O)CCCCCCCCC)CC1. The molecule has 4 heteroatoms. The first-order chi connectivity index (χ1) is 13.7. The average Bonchev–Trinajstić information content (AvgIpc) is 2.72. The van der Waals surface area contributed by atoms with Gasteiger partial charge < -0.3 is 9.80 Å². The highest BCUT2D eigenvalue weighted by Gasteiger charge is 2.23. The molecule has 2 amide bonds. The Morgan fingerprint density at radius 2 is 0.786 bits per heavy atom. The van der Waals surface area contributed by atoms with Gasteiger partial charge in [-0.1, -0.05) is 90.9 Å². The summed E-state index contributed by atoms with van der Waals surface area (Å²) in [6.07, 6.45) is 18.8. The number of hydrogen-bond acceptors (Lipinski definition) is 2. The van der Waals surface area contributed by atoms with Crippen LogP contribution >= 0.6 is 0 Å². The minimum atomic E-state index is 0.285. The van der Waals surface area contributed by atoms with Crippen LogP contribution in [-0.2, 0) is 9.59 Å². The van der Waals surface area contributed by atoms with E-state index in [1.165, 1.54) is 77.0 Å². The monoisotopic (exact) mass is 394 g/mol. The first kappa shape index (κ1) is 25.0. The Hall–Kier alpha value is -1.06. The first-order valence-corrected chi connectivity index (χ1v) is 12.2. The molecule has 0 saturated carbocycles. The molecule has 0 spiro atoms. The van der Waals surface area contributed by atoms with Gasteiger partial charge in [0, 0.05) is 39.0 Å². The normalized spacial score (nSPS) is 14.5. The molecule has 0 N–H and O–H groups in total. The molecule has 1 heterocycles. The van der Waals surface area contributed by atoms with E-state index in [1.807, 2.05) is 9.80 Å². The van der Waals surface area contributed by atoms with Crippen LogP contribution in [0.2, 0.25) is 0 Å². The number of unbranched alkanes of at least 4 members (excludes halogenated alkanes) is 12. The van der Waals surface area contributed by atoms with Crippen LogP contribution in [0.1, 0.15) is 117 Å². The fourth-order valence-electron chi connectivity index (χ4n) is 3.99. The van der Waals surface area contributed by atoms with E-state index in [9.17, 15) is 9.59 Å². The first-order valence-electron chi connectivity index (χ1n) is 12.2. The highest BCUT2D eigenvalue weighted by Crippen LogP contribution is 2.13. The Morgan fingerprint density at radius 1 is 0.500 bits per heavy atom. The summed E-state index contributed by atoms with van der Waals surface area (Å²) < 4.78 is 0. The number of nitrogens with zero attached hydrogens (tertiary/aromatic N) is 2. The summed E-state index contributed by atoms with van der Waals surface area (Å²) in [5.41, 5.74) is 0. The maximum atomic E-state index is 12.4. The van der Waals surface area contributed by atoms with E-state index in [2.05, 4.69) is 13.8 Å². The van der Waals surface area contributed by atoms with E-state index in [-0.39, 0.29) is 11.8 Å². The molecular formula is C24H46N2O2. The van der Waals surface area contributed by atoms with Crippen molar-refractivity contribution in [1.82, 2.24) is 9.80 Å². The Balaban J connectivity index is 2.04. The second-order valence-electron chi connectivity index (χ2n) is 8.50. The van der Waals surface area contributed by atoms with Gasteiger partial charge in [-0.05, 0) is 12.8 Å². The quantitative estimate of drug-likeness (QED) is 0.304. The Bertz CT molecular complexity index is 365. The predicted molar refractivity (Wildman–Crippen MR) is 118 cm³/mol. The summed E-state index contributed by atoms with van der Waals surface area (Å²) >= 11 is 0. The molecule has 0 bridgehead atoms. The van der Waals surface area contributed by atoms with Gasteiger partial charge in [0.05, 0.1) is 0 Å². The number of carbonyl (C=O) groups excluding carboxylic acids is 2. The van der Waals surface area contributed by atoms with E-state index in [0.717, 1.165) is 39.0 Å². The van der Waals surface area contributed by atoms with Gasteiger partial charge in [-0.2, -0.15) is 0 Å². The van der Waals surface area contributed by atoms with Crippen molar-refractivity contribution in [3.8, 4) is 0 Å². The third-order valence-corrected chi connectivity index (χ3v) is 5.97. The van der Waals surface area contributed by atoms with Gasteiger partial charge in [-0.3, -0.25) is 9.59 Å². The van der Waals surface area contributed by atoms with Crippen LogP contribution in [0.5, 0.6) is 0 Å². The van der Waals surface area contributed by atoms with Crippen LogP contribution in [0.25, 0.3) is 0 Å². The van der Waals surface area contributed by atoms with Crippen LogP contribution in [0.4, 0.5) is 0 Å². The van der Waals surface area contributed by atoms with Crippen LogP contribution in [-0.4, -0.2) is 47.8 Å². The lowest BCUT2D eigenvalue weighted by Gasteiger charge is -2.35. The minimum Gasteiger partial charge on any atom is -0.339 e. The largest absolute Gasteiger partial charge is 0.339 e. The third-order valence-electron chi connectivity index (χ3n) is 5.97. The zero-order chi connectivity index (χ0) is 20.5. The highest BCUT2D eigenvalue weighted by atomic mass is 16.2. The molecular weight excluding hydrogens is 348 g/mol. The molecule has 0 aromatic rings. The molecule has 0 aliphatic carbocycles. The molecule has 0 radical (unpaired) electrons. The molecule has 28 heavy (non-hydrogen) atoms. The standard InChI is InChI=1S/C24H46N2O2/c1-3-5-7-9-11-13-15-17-23(27)25-19-21-26(22-20-25)24(28)18-16-14-12-10-8-6-4-2/h3-22H2,1-2H3. The number of carbonyl (C=O) groups is 2. The lowest BCUT2D eigenvalue weighted by atomic mass is 10.1. The van der Waals surface area contributed by atoms with Crippen molar-refractivity contribution in [1.29, 1.82) is 0 Å². The van der Waals surface area contributed by atoms with Gasteiger partial charge in [0.25, 0.3) is 0 Å². The summed E-state index contributed by atoms with van der Waals surface area (Å²) in [7, 11) is 0. The summed E-state index contributed by atoms with van der Waals surface area (Å²) in [5, 5.41) is 0. The van der Waals surface area contributed by atoms with E-state index >= 15 is 0 Å². The van der Waals surface area contributed by atoms with Gasteiger partial charge >= 0.3 is 0 Å². The van der Waals surface area contributed by atoms with Crippen LogP contribution in [0, 0.1) is 0 Å². The maximum absolute atomic E-state index is 12.4. The lowest BCUT2D eigenvalue weighted by Crippen LogP contribution is -2.50. The van der Waals surface area contributed by atoms with Crippen LogP contribution in [0.15, 0.2) is 0 Å². The van der Waals surface area contributed by atoms with Crippen molar-refractivity contribution < 1.29 is 9.59 Å². The van der Waals surface area contributed by atoms with Crippen molar-refractivity contribution in [2.45, 2.75) is 117 Å². The fourth-order valence-corrected chi connectivity index (χ4v) is 3.99. The van der Waals surface area contributed by atoms with Gasteiger partial charge in [-0.25, -0.2) is 0 Å². The number of hydrogen-bond donors (Lipinski definition) is 0. The number of rotatable bonds is 16. The molecule has 164 valence electrons. The third kappa shape index (κ3) is 11.7. The van der Waals surface area contributed by atoms with E-state index in [1.54, 1.807) is 0 Å². The average molecular weight is 395 g/mol. The van der Waals surface area contributed by atoms with E-state index in [0.29, 0.717) is 12.8 Å². The molecule has 4 nitrogen and oxygen atoms in total. The van der Waals surface area contributed by atoms with Crippen molar-refractivity contribution in [2.75, 3.05) is 26.2 Å². The summed E-state index contributed by atoms with van der Waals surface area (Å²) in [6.45, 7) is 7.36. The Kier molecular flexibility index (Phi) is 15.0. The predicted octanol–water partition coefficient (Wildman–Crippen LogP) is 5.94. The molecule has 0 unspecified atom stereocenters. The zero-order valence-corrected chi connectivity index (χ0v) is 18.9. The second-order valence-corrected chi connectivity index (χ2v) is 8.50. The van der Waals surface area contributed by atoms with Crippen molar-refractivity contribution in [2.24, 2.45) is 0 Å². The van der Waals surface area contributed by atoms with Crippen molar-refractivity contribution in [3.05, 3.63) is 0 Å². The van der Waals surface area contributed by atoms with Crippen molar-refractivity contribution in [3.63, 3.8) is 0 Å². The van der Waals surface area contributed by atoms with Gasteiger partial charge in [0.1, 0.15) is 0 Å². The maximum Gasteiger partial charge on any atom is 0.222 e. The Morgan fingerprint density at radius 3 is 1.11 bits per heavy atom. The molecule has 0 aromatic carbocycles.